The molecule has 3 N–H and O–H groups in total. The molecule has 0 aliphatic heterocycles. The summed E-state index contributed by atoms with van der Waals surface area (Å²) in [6.45, 7) is 3.06. The third-order valence-electron chi connectivity index (χ3n) is 4.31. The maximum atomic E-state index is 12.0. The van der Waals surface area contributed by atoms with Crippen LogP contribution in [-0.2, 0) is 4.79 Å². The van der Waals surface area contributed by atoms with Gasteiger partial charge >= 0.3 is 0 Å². The van der Waals surface area contributed by atoms with Gasteiger partial charge in [-0.2, -0.15) is 0 Å². The van der Waals surface area contributed by atoms with Gasteiger partial charge in [0.2, 0.25) is 5.91 Å². The van der Waals surface area contributed by atoms with Crippen LogP contribution in [0.4, 0.5) is 0 Å². The van der Waals surface area contributed by atoms with Crippen molar-refractivity contribution in [1.29, 1.82) is 0 Å². The van der Waals surface area contributed by atoms with Gasteiger partial charge in [-0.15, -0.1) is 0 Å². The number of hydrogen-bond acceptors (Lipinski definition) is 2. The average molecular weight is 224 g/mol. The second-order valence-electron chi connectivity index (χ2n) is 5.80. The summed E-state index contributed by atoms with van der Waals surface area (Å²) in [7, 11) is 0. The van der Waals surface area contributed by atoms with Crippen molar-refractivity contribution < 1.29 is 4.79 Å². The van der Waals surface area contributed by atoms with Crippen LogP contribution in [0.5, 0.6) is 0 Å². The largest absolute Gasteiger partial charge is 0.354 e. The summed E-state index contributed by atoms with van der Waals surface area (Å²) in [5, 5.41) is 3.09. The quantitative estimate of drug-likeness (QED) is 0.750. The molecule has 0 saturated heterocycles. The summed E-state index contributed by atoms with van der Waals surface area (Å²) in [4.78, 5) is 12.0. The van der Waals surface area contributed by atoms with E-state index in [-0.39, 0.29) is 5.91 Å². The van der Waals surface area contributed by atoms with E-state index in [9.17, 15) is 4.79 Å². The third kappa shape index (κ3) is 2.40. The number of amides is 1. The van der Waals surface area contributed by atoms with E-state index in [1.54, 1.807) is 0 Å². The highest BCUT2D eigenvalue weighted by molar-refractivity contribution is 5.86. The number of rotatable bonds is 5. The van der Waals surface area contributed by atoms with Crippen molar-refractivity contribution in [3.63, 3.8) is 0 Å². The molecule has 3 nitrogen and oxygen atoms in total. The van der Waals surface area contributed by atoms with Crippen LogP contribution in [0.3, 0.4) is 0 Å². The van der Waals surface area contributed by atoms with Crippen LogP contribution >= 0.6 is 0 Å². The monoisotopic (exact) mass is 224 g/mol. The predicted octanol–water partition coefficient (Wildman–Crippen LogP) is 1.95. The molecule has 2 aliphatic carbocycles. The van der Waals surface area contributed by atoms with Gasteiger partial charge < -0.3 is 11.1 Å². The summed E-state index contributed by atoms with van der Waals surface area (Å²) in [6, 6.07) is 0. The van der Waals surface area contributed by atoms with Crippen LogP contribution in [-0.4, -0.2) is 18.0 Å². The molecule has 92 valence electrons. The second-order valence-corrected chi connectivity index (χ2v) is 5.80. The van der Waals surface area contributed by atoms with Crippen molar-refractivity contribution >= 4 is 5.91 Å². The Bertz CT molecular complexity index is 265. The first-order chi connectivity index (χ1) is 7.60. The van der Waals surface area contributed by atoms with E-state index in [2.05, 4.69) is 12.2 Å². The molecule has 0 atom stereocenters. The second kappa shape index (κ2) is 4.36. The van der Waals surface area contributed by atoms with Gasteiger partial charge in [-0.1, -0.05) is 26.2 Å². The zero-order valence-corrected chi connectivity index (χ0v) is 10.3. The predicted molar refractivity (Wildman–Crippen MR) is 65.0 cm³/mol. The fourth-order valence-electron chi connectivity index (χ4n) is 2.90. The molecule has 2 saturated carbocycles. The number of carbonyl (C=O) groups excluding carboxylic acids is 1. The van der Waals surface area contributed by atoms with Gasteiger partial charge in [0.25, 0.3) is 0 Å². The van der Waals surface area contributed by atoms with Gasteiger partial charge in [0.1, 0.15) is 0 Å². The maximum Gasteiger partial charge on any atom is 0.240 e. The summed E-state index contributed by atoms with van der Waals surface area (Å²) in [6.07, 6.45) is 8.93. The summed E-state index contributed by atoms with van der Waals surface area (Å²) in [5.41, 5.74) is 5.99. The summed E-state index contributed by atoms with van der Waals surface area (Å²) in [5.74, 6) is 0.0902. The van der Waals surface area contributed by atoms with Crippen molar-refractivity contribution in [1.82, 2.24) is 5.32 Å². The molecule has 0 aromatic carbocycles. The van der Waals surface area contributed by atoms with E-state index < -0.39 is 5.54 Å². The maximum absolute atomic E-state index is 12.0. The zero-order chi connectivity index (χ0) is 11.6. The van der Waals surface area contributed by atoms with Crippen LogP contribution in [0.2, 0.25) is 0 Å². The molecule has 0 aromatic rings. The number of carbonyl (C=O) groups is 1. The van der Waals surface area contributed by atoms with Crippen LogP contribution in [0.15, 0.2) is 0 Å². The zero-order valence-electron chi connectivity index (χ0n) is 10.3. The molecule has 2 rings (SSSR count). The standard InChI is InChI=1S/C13H24N2O/c1-2-5-12(8-9-12)10-15-11(16)13(14)6-3-4-7-13/h2-10,14H2,1H3,(H,15,16). The van der Waals surface area contributed by atoms with Crippen molar-refractivity contribution in [3.05, 3.63) is 0 Å². The Balaban J connectivity index is 1.79. The molecule has 0 radical (unpaired) electrons. The van der Waals surface area contributed by atoms with Crippen molar-refractivity contribution in [3.8, 4) is 0 Å². The Morgan fingerprint density at radius 3 is 2.38 bits per heavy atom. The topological polar surface area (TPSA) is 55.1 Å². The Kier molecular flexibility index (Phi) is 3.24. The van der Waals surface area contributed by atoms with Gasteiger partial charge in [-0.05, 0) is 37.5 Å². The molecular weight excluding hydrogens is 200 g/mol. The van der Waals surface area contributed by atoms with Crippen molar-refractivity contribution in [2.24, 2.45) is 11.1 Å². The molecule has 3 heteroatoms. The summed E-state index contributed by atoms with van der Waals surface area (Å²) < 4.78 is 0. The van der Waals surface area contributed by atoms with Gasteiger partial charge in [0.15, 0.2) is 0 Å². The lowest BCUT2D eigenvalue weighted by atomic mass is 9.96. The minimum absolute atomic E-state index is 0.0902. The SMILES string of the molecule is CCCC1(CNC(=O)C2(N)CCCC2)CC1. The Morgan fingerprint density at radius 1 is 1.25 bits per heavy atom. The van der Waals surface area contributed by atoms with E-state index in [1.165, 1.54) is 25.7 Å². The molecule has 2 fully saturated rings. The smallest absolute Gasteiger partial charge is 0.240 e. The highest BCUT2D eigenvalue weighted by Crippen LogP contribution is 2.49. The van der Waals surface area contributed by atoms with E-state index >= 15 is 0 Å². The van der Waals surface area contributed by atoms with Gasteiger partial charge in [0.05, 0.1) is 5.54 Å². The molecule has 1 amide bonds. The molecule has 0 bridgehead atoms. The van der Waals surface area contributed by atoms with E-state index in [1.807, 2.05) is 0 Å². The minimum Gasteiger partial charge on any atom is -0.354 e. The fourth-order valence-corrected chi connectivity index (χ4v) is 2.90. The minimum atomic E-state index is -0.553. The first kappa shape index (κ1) is 11.9. The fraction of sp³-hybridized carbons (Fsp3) is 0.923. The normalized spacial score (nSPS) is 25.4. The lowest BCUT2D eigenvalue weighted by molar-refractivity contribution is -0.126. The highest BCUT2D eigenvalue weighted by Gasteiger charge is 2.43. The molecule has 2 aliphatic rings. The van der Waals surface area contributed by atoms with Gasteiger partial charge in [0, 0.05) is 6.54 Å². The molecule has 0 aromatic heterocycles. The van der Waals surface area contributed by atoms with Crippen LogP contribution in [0.25, 0.3) is 0 Å². The molecule has 0 unspecified atom stereocenters. The summed E-state index contributed by atoms with van der Waals surface area (Å²) >= 11 is 0. The van der Waals surface area contributed by atoms with Crippen LogP contribution in [0, 0.1) is 5.41 Å². The molecule has 16 heavy (non-hydrogen) atoms. The van der Waals surface area contributed by atoms with E-state index in [0.717, 1.165) is 32.2 Å². The van der Waals surface area contributed by atoms with Crippen LogP contribution in [0.1, 0.15) is 58.3 Å². The van der Waals surface area contributed by atoms with E-state index in [0.29, 0.717) is 5.41 Å². The Morgan fingerprint density at radius 2 is 1.88 bits per heavy atom. The average Bonchev–Trinajstić information content (AvgIpc) is 2.88. The molecule has 0 heterocycles. The van der Waals surface area contributed by atoms with Crippen LogP contribution < -0.4 is 11.1 Å². The number of nitrogens with two attached hydrogens (primary N) is 1. The lowest BCUT2D eigenvalue weighted by Crippen LogP contribution is -2.52. The van der Waals surface area contributed by atoms with Gasteiger partial charge in [-0.3, -0.25) is 4.79 Å². The van der Waals surface area contributed by atoms with Crippen molar-refractivity contribution in [2.75, 3.05) is 6.54 Å². The number of nitrogens with one attached hydrogen (secondary N) is 1. The van der Waals surface area contributed by atoms with E-state index in [4.69, 9.17) is 5.73 Å². The third-order valence-corrected chi connectivity index (χ3v) is 4.31. The van der Waals surface area contributed by atoms with Crippen molar-refractivity contribution in [2.45, 2.75) is 63.8 Å². The number of hydrogen-bond donors (Lipinski definition) is 2. The Hall–Kier alpha value is -0.570. The molecular formula is C13H24N2O. The Labute approximate surface area is 98.2 Å². The highest BCUT2D eigenvalue weighted by atomic mass is 16.2. The first-order valence-corrected chi connectivity index (χ1v) is 6.67. The van der Waals surface area contributed by atoms with Gasteiger partial charge in [-0.25, -0.2) is 0 Å². The molecule has 0 spiro atoms. The first-order valence-electron chi connectivity index (χ1n) is 6.67. The lowest BCUT2D eigenvalue weighted by Gasteiger charge is -2.24.